The molecule has 0 unspecified atom stereocenters. The first-order chi connectivity index (χ1) is 4.47. The Hall–Kier alpha value is -0.111. The number of rotatable bonds is 0. The van der Waals surface area contributed by atoms with E-state index in [1.54, 1.807) is 0 Å². The SMILES string of the molecule is c1ccc2c(c1)N[Se]S2. The number of anilines is 1. The fourth-order valence-corrected chi connectivity index (χ4v) is 4.12. The van der Waals surface area contributed by atoms with E-state index in [4.69, 9.17) is 0 Å². The van der Waals surface area contributed by atoms with Crippen molar-refractivity contribution in [2.75, 3.05) is 4.33 Å². The third-order valence-electron chi connectivity index (χ3n) is 1.17. The molecule has 0 spiro atoms. The average molecular weight is 202 g/mol. The molecule has 1 heterocycles. The Kier molecular flexibility index (Phi) is 1.42. The molecule has 0 atom stereocenters. The summed E-state index contributed by atoms with van der Waals surface area (Å²) < 4.78 is 3.33. The van der Waals surface area contributed by atoms with Gasteiger partial charge in [-0.1, -0.05) is 0 Å². The summed E-state index contributed by atoms with van der Waals surface area (Å²) >= 11 is 0.545. The van der Waals surface area contributed by atoms with Crippen molar-refractivity contribution in [2.45, 2.75) is 4.90 Å². The van der Waals surface area contributed by atoms with Gasteiger partial charge in [-0.15, -0.1) is 0 Å². The molecule has 1 N–H and O–H groups in total. The topological polar surface area (TPSA) is 12.0 Å². The van der Waals surface area contributed by atoms with E-state index >= 15 is 0 Å². The van der Waals surface area contributed by atoms with Gasteiger partial charge in [-0.3, -0.25) is 0 Å². The molecule has 1 aromatic rings. The van der Waals surface area contributed by atoms with Gasteiger partial charge >= 0.3 is 63.4 Å². The molecule has 2 rings (SSSR count). The molecule has 0 radical (unpaired) electrons. The van der Waals surface area contributed by atoms with Gasteiger partial charge in [0.1, 0.15) is 0 Å². The molecule has 0 aromatic heterocycles. The van der Waals surface area contributed by atoms with Crippen molar-refractivity contribution in [1.82, 2.24) is 0 Å². The number of para-hydroxylation sites is 1. The molecule has 1 aliphatic rings. The van der Waals surface area contributed by atoms with Gasteiger partial charge in [0.25, 0.3) is 0 Å². The number of nitrogens with one attached hydrogen (secondary N) is 1. The summed E-state index contributed by atoms with van der Waals surface area (Å²) in [6.45, 7) is 0. The number of benzene rings is 1. The molecule has 1 nitrogen and oxygen atoms in total. The normalized spacial score (nSPS) is 14.7. The molecule has 1 aliphatic heterocycles. The van der Waals surface area contributed by atoms with Gasteiger partial charge in [0.15, 0.2) is 0 Å². The van der Waals surface area contributed by atoms with Crippen LogP contribution in [0, 0.1) is 0 Å². The minimum absolute atomic E-state index is 0.545. The van der Waals surface area contributed by atoms with E-state index in [2.05, 4.69) is 28.6 Å². The van der Waals surface area contributed by atoms with Crippen LogP contribution in [0.5, 0.6) is 0 Å². The van der Waals surface area contributed by atoms with E-state index in [0.717, 1.165) is 0 Å². The van der Waals surface area contributed by atoms with E-state index in [1.165, 1.54) is 10.6 Å². The van der Waals surface area contributed by atoms with Crippen LogP contribution in [0.4, 0.5) is 5.69 Å². The molecule has 0 saturated heterocycles. The van der Waals surface area contributed by atoms with Gasteiger partial charge in [0, 0.05) is 0 Å². The van der Waals surface area contributed by atoms with Crippen LogP contribution in [0.1, 0.15) is 0 Å². The first-order valence-corrected chi connectivity index (χ1v) is 6.35. The van der Waals surface area contributed by atoms with Crippen molar-refractivity contribution in [2.24, 2.45) is 0 Å². The molecule has 0 bridgehead atoms. The van der Waals surface area contributed by atoms with Gasteiger partial charge in [0.05, 0.1) is 0 Å². The Labute approximate surface area is 63.7 Å². The monoisotopic (exact) mass is 203 g/mol. The van der Waals surface area contributed by atoms with E-state index in [0.29, 0.717) is 14.1 Å². The number of hydrogen-bond acceptors (Lipinski definition) is 2. The van der Waals surface area contributed by atoms with Gasteiger partial charge in [-0.25, -0.2) is 0 Å². The van der Waals surface area contributed by atoms with Crippen molar-refractivity contribution in [3.63, 3.8) is 0 Å². The predicted octanol–water partition coefficient (Wildman–Crippen LogP) is 1.74. The van der Waals surface area contributed by atoms with Crippen molar-refractivity contribution >= 4 is 29.9 Å². The zero-order valence-corrected chi connectivity index (χ0v) is 7.16. The molecular formula is C6H5NSSe. The van der Waals surface area contributed by atoms with E-state index < -0.39 is 0 Å². The fourth-order valence-electron chi connectivity index (χ4n) is 0.734. The number of hydrogen-bond donors (Lipinski definition) is 1. The molecule has 3 heteroatoms. The summed E-state index contributed by atoms with van der Waals surface area (Å²) in [4.78, 5) is 1.40. The first-order valence-electron chi connectivity index (χ1n) is 2.65. The Morgan fingerprint density at radius 3 is 3.11 bits per heavy atom. The Morgan fingerprint density at radius 2 is 2.22 bits per heavy atom. The zero-order valence-electron chi connectivity index (χ0n) is 4.63. The summed E-state index contributed by atoms with van der Waals surface area (Å²) in [5, 5.41) is 0. The third-order valence-corrected chi connectivity index (χ3v) is 4.51. The Bertz CT molecular complexity index is 203. The van der Waals surface area contributed by atoms with Gasteiger partial charge in [-0.05, 0) is 0 Å². The van der Waals surface area contributed by atoms with E-state index in [-0.39, 0.29) is 0 Å². The molecule has 0 aliphatic carbocycles. The fraction of sp³-hybridized carbons (Fsp3) is 0. The molecule has 0 fully saturated rings. The predicted molar refractivity (Wildman–Crippen MR) is 41.7 cm³/mol. The summed E-state index contributed by atoms with van der Waals surface area (Å²) in [6, 6.07) is 8.42. The molecule has 1 aromatic carbocycles. The molecule has 0 amide bonds. The quantitative estimate of drug-likeness (QED) is 0.643. The molecule has 46 valence electrons. The minimum atomic E-state index is 0.545. The zero-order chi connectivity index (χ0) is 6.10. The summed E-state index contributed by atoms with van der Waals surface area (Å²) in [6.07, 6.45) is 0. The van der Waals surface area contributed by atoms with Crippen molar-refractivity contribution < 1.29 is 0 Å². The van der Waals surface area contributed by atoms with Crippen LogP contribution >= 0.6 is 10.2 Å². The van der Waals surface area contributed by atoms with Crippen LogP contribution in [-0.2, 0) is 0 Å². The third kappa shape index (κ3) is 0.959. The van der Waals surface area contributed by atoms with Crippen LogP contribution in [0.2, 0.25) is 0 Å². The Balaban J connectivity index is 2.54. The summed E-state index contributed by atoms with van der Waals surface area (Å²) in [5.74, 6) is 0. The van der Waals surface area contributed by atoms with Crippen LogP contribution in [0.25, 0.3) is 0 Å². The van der Waals surface area contributed by atoms with Crippen molar-refractivity contribution in [3.8, 4) is 0 Å². The summed E-state index contributed by atoms with van der Waals surface area (Å²) in [5.41, 5.74) is 1.31. The molecule has 0 saturated carbocycles. The maximum absolute atomic E-state index is 3.33. The summed E-state index contributed by atoms with van der Waals surface area (Å²) in [7, 11) is 1.92. The standard InChI is InChI=1S/C6H5NSSe/c1-2-4-6-5(3-1)7-9-8-6/h1-4,7H. The van der Waals surface area contributed by atoms with Crippen LogP contribution in [-0.4, -0.2) is 14.1 Å². The van der Waals surface area contributed by atoms with Crippen LogP contribution in [0.3, 0.4) is 0 Å². The van der Waals surface area contributed by atoms with Gasteiger partial charge in [0.2, 0.25) is 0 Å². The van der Waals surface area contributed by atoms with Crippen LogP contribution in [0.15, 0.2) is 29.2 Å². The van der Waals surface area contributed by atoms with Crippen molar-refractivity contribution in [1.29, 1.82) is 0 Å². The van der Waals surface area contributed by atoms with Crippen molar-refractivity contribution in [3.05, 3.63) is 24.3 Å². The first kappa shape index (κ1) is 5.66. The second kappa shape index (κ2) is 2.25. The molecular weight excluding hydrogens is 197 g/mol. The Morgan fingerprint density at radius 1 is 1.33 bits per heavy atom. The average Bonchev–Trinajstić information content (AvgIpc) is 2.33. The van der Waals surface area contributed by atoms with E-state index in [1.807, 2.05) is 10.2 Å². The van der Waals surface area contributed by atoms with Gasteiger partial charge in [-0.2, -0.15) is 0 Å². The second-order valence-electron chi connectivity index (χ2n) is 1.76. The van der Waals surface area contributed by atoms with E-state index in [9.17, 15) is 0 Å². The molecule has 9 heavy (non-hydrogen) atoms. The number of fused-ring (bicyclic) bond motifs is 1. The maximum atomic E-state index is 3.33. The van der Waals surface area contributed by atoms with Crippen LogP contribution < -0.4 is 4.33 Å². The second-order valence-corrected chi connectivity index (χ2v) is 5.06. The van der Waals surface area contributed by atoms with Gasteiger partial charge < -0.3 is 0 Å².